The van der Waals surface area contributed by atoms with Crippen molar-refractivity contribution in [1.82, 2.24) is 9.80 Å². The van der Waals surface area contributed by atoms with Crippen molar-refractivity contribution in [2.24, 2.45) is 23.7 Å². The van der Waals surface area contributed by atoms with Crippen molar-refractivity contribution in [3.8, 4) is 0 Å². The predicted molar refractivity (Wildman–Crippen MR) is 338 cm³/mol. The van der Waals surface area contributed by atoms with E-state index in [2.05, 4.69) is 47.6 Å². The molecule has 2 unspecified atom stereocenters. The fraction of sp³-hybridized carbons (Fsp3) is 0.896. The van der Waals surface area contributed by atoms with Crippen LogP contribution in [0.25, 0.3) is 0 Å². The first kappa shape index (κ1) is 82.4. The highest BCUT2D eigenvalue weighted by atomic mass is 16.6. The molecule has 0 radical (unpaired) electrons. The molecule has 86 heavy (non-hydrogen) atoms. The van der Waals surface area contributed by atoms with Gasteiger partial charge in [-0.3, -0.25) is 24.2 Å². The van der Waals surface area contributed by atoms with Crippen LogP contribution in [0, 0.1) is 23.7 Å². The molecule has 0 aliphatic heterocycles. The Kier molecular flexibility index (Phi) is 52.1. The molecule has 0 bridgehead atoms. The summed E-state index contributed by atoms with van der Waals surface area (Å²) in [6.07, 6.45) is 26.6. The fourth-order valence-corrected chi connectivity index (χ4v) is 8.91. The van der Waals surface area contributed by atoms with Crippen molar-refractivity contribution in [3.63, 3.8) is 0 Å². The quantitative estimate of drug-likeness (QED) is 0.0240. The molecule has 0 aliphatic carbocycles. The maximum absolute atomic E-state index is 13.0. The van der Waals surface area contributed by atoms with Crippen molar-refractivity contribution in [2.45, 2.75) is 235 Å². The van der Waals surface area contributed by atoms with E-state index in [0.29, 0.717) is 78.4 Å². The molecule has 0 aliphatic rings. The van der Waals surface area contributed by atoms with Gasteiger partial charge in [0.2, 0.25) is 0 Å². The van der Waals surface area contributed by atoms with Gasteiger partial charge in [-0.1, -0.05) is 150 Å². The van der Waals surface area contributed by atoms with E-state index >= 15 is 0 Å². The smallest absolute Gasteiger partial charge is 0.410 e. The molecule has 0 saturated carbocycles. The lowest BCUT2D eigenvalue weighted by Crippen LogP contribution is -2.43. The van der Waals surface area contributed by atoms with E-state index in [9.17, 15) is 24.0 Å². The standard InChI is InChI=1S/C67H126N2O17/c1-14-15-16-17-18-22-25-40-82-61(70)35-23-20-19-21-24-39-79-54-60(81-41-36-59(6)34-28-33-58(5)32-27-31-57(4)30-26-29-56(2)3)55-80-49-48-77-45-44-76-46-47-78-50-51-84-63(72)53-69(65(74)86-67(10,11)12)38-43-83-62(71)52-68(37-42-75-13)64(73)85-66(7,8)9/h22,25,56-60H,14-21,23-24,26-55H2,1-13H3/b25-22-/t57-,58-,59?,60?/m1/s1. The van der Waals surface area contributed by atoms with E-state index in [1.807, 2.05) is 6.08 Å². The van der Waals surface area contributed by atoms with Gasteiger partial charge in [0.1, 0.15) is 50.2 Å². The first-order valence-electron chi connectivity index (χ1n) is 33.1. The summed E-state index contributed by atoms with van der Waals surface area (Å²) in [5.74, 6) is 1.44. The third-order valence-corrected chi connectivity index (χ3v) is 14.0. The maximum Gasteiger partial charge on any atom is 0.410 e. The Hall–Kier alpha value is -3.59. The third kappa shape index (κ3) is 55.7. The summed E-state index contributed by atoms with van der Waals surface area (Å²) in [5, 5.41) is 0. The minimum atomic E-state index is -0.851. The van der Waals surface area contributed by atoms with Gasteiger partial charge in [-0.15, -0.1) is 0 Å². The molecular formula is C67H126N2O17. The predicted octanol–water partition coefficient (Wildman–Crippen LogP) is 13.5. The van der Waals surface area contributed by atoms with Gasteiger partial charge in [-0.25, -0.2) is 9.59 Å². The van der Waals surface area contributed by atoms with Gasteiger partial charge in [-0.05, 0) is 97.3 Å². The minimum absolute atomic E-state index is 0.0594. The van der Waals surface area contributed by atoms with Crippen molar-refractivity contribution in [2.75, 3.05) is 132 Å². The van der Waals surface area contributed by atoms with E-state index in [0.717, 1.165) is 67.6 Å². The van der Waals surface area contributed by atoms with E-state index in [1.165, 1.54) is 95.5 Å². The summed E-state index contributed by atoms with van der Waals surface area (Å²) >= 11 is 0. The Balaban J connectivity index is 4.68. The summed E-state index contributed by atoms with van der Waals surface area (Å²) in [6, 6.07) is 0. The average Bonchev–Trinajstić information content (AvgIpc) is 3.62. The molecule has 4 atom stereocenters. The zero-order valence-corrected chi connectivity index (χ0v) is 56.7. The van der Waals surface area contributed by atoms with Crippen LogP contribution >= 0.6 is 0 Å². The Morgan fingerprint density at radius 3 is 1.41 bits per heavy atom. The highest BCUT2D eigenvalue weighted by Gasteiger charge is 2.27. The lowest BCUT2D eigenvalue weighted by molar-refractivity contribution is -0.148. The van der Waals surface area contributed by atoms with Crippen molar-refractivity contribution >= 4 is 30.1 Å². The topological polar surface area (TPSA) is 203 Å². The minimum Gasteiger partial charge on any atom is -0.462 e. The molecule has 0 rings (SSSR count). The van der Waals surface area contributed by atoms with E-state index < -0.39 is 48.4 Å². The number of esters is 3. The molecule has 0 heterocycles. The fourth-order valence-electron chi connectivity index (χ4n) is 8.91. The van der Waals surface area contributed by atoms with Crippen LogP contribution in [0.1, 0.15) is 218 Å². The molecule has 506 valence electrons. The van der Waals surface area contributed by atoms with Gasteiger partial charge in [0.05, 0.1) is 72.6 Å². The van der Waals surface area contributed by atoms with Crippen LogP contribution in [-0.4, -0.2) is 190 Å². The number of methoxy groups -OCH3 is 1. The number of amides is 2. The maximum atomic E-state index is 13.0. The Morgan fingerprint density at radius 2 is 0.884 bits per heavy atom. The summed E-state index contributed by atoms with van der Waals surface area (Å²) in [7, 11) is 1.47. The van der Waals surface area contributed by atoms with Crippen LogP contribution < -0.4 is 0 Å². The Morgan fingerprint density at radius 1 is 0.430 bits per heavy atom. The first-order valence-corrected chi connectivity index (χ1v) is 33.1. The number of carbonyl (C=O) groups is 5. The second-order valence-corrected chi connectivity index (χ2v) is 25.5. The number of carbonyl (C=O) groups excluding carboxylic acids is 5. The van der Waals surface area contributed by atoms with Crippen molar-refractivity contribution in [3.05, 3.63) is 12.2 Å². The number of hydrogen-bond acceptors (Lipinski definition) is 17. The Bertz CT molecular complexity index is 1690. The van der Waals surface area contributed by atoms with Crippen LogP contribution in [0.3, 0.4) is 0 Å². The SMILES string of the molecule is CCCCCC/C=C\COC(=O)CCCCCCCOCC(COCCOCCOCCOCCOC(=O)CN(CCOC(=O)CN(CCOC)C(=O)OC(C)(C)C)C(=O)OC(C)(C)C)OCCC(C)CCC[C@H](C)CCC[C@H](C)CCCC(C)C. The number of rotatable bonds is 57. The molecule has 0 N–H and O–H groups in total. The van der Waals surface area contributed by atoms with Gasteiger partial charge >= 0.3 is 30.1 Å². The highest BCUT2D eigenvalue weighted by Crippen LogP contribution is 2.23. The number of ether oxygens (including phenoxy) is 12. The molecule has 19 heteroatoms. The first-order chi connectivity index (χ1) is 41.0. The van der Waals surface area contributed by atoms with Gasteiger partial charge in [0, 0.05) is 33.3 Å². The highest BCUT2D eigenvalue weighted by molar-refractivity contribution is 5.79. The monoisotopic (exact) mass is 1230 g/mol. The number of hydrogen-bond donors (Lipinski definition) is 0. The van der Waals surface area contributed by atoms with Gasteiger partial charge < -0.3 is 56.8 Å². The number of nitrogens with zero attached hydrogens (tertiary/aromatic N) is 2. The molecule has 2 amide bonds. The normalized spacial score (nSPS) is 13.4. The van der Waals surface area contributed by atoms with Gasteiger partial charge in [0.25, 0.3) is 0 Å². The summed E-state index contributed by atoms with van der Waals surface area (Å²) < 4.78 is 67.3. The van der Waals surface area contributed by atoms with Crippen molar-refractivity contribution in [1.29, 1.82) is 0 Å². The molecule has 19 nitrogen and oxygen atoms in total. The molecule has 0 saturated heterocycles. The molecular weight excluding hydrogens is 1100 g/mol. The third-order valence-electron chi connectivity index (χ3n) is 14.0. The molecule has 0 spiro atoms. The van der Waals surface area contributed by atoms with Crippen LogP contribution in [0.2, 0.25) is 0 Å². The van der Waals surface area contributed by atoms with Gasteiger partial charge in [-0.2, -0.15) is 0 Å². The number of allylic oxidation sites excluding steroid dienone is 1. The van der Waals surface area contributed by atoms with Crippen LogP contribution in [0.5, 0.6) is 0 Å². The second kappa shape index (κ2) is 54.4. The van der Waals surface area contributed by atoms with E-state index in [4.69, 9.17) is 56.8 Å². The number of unbranched alkanes of at least 4 members (excludes halogenated alkanes) is 8. The summed E-state index contributed by atoms with van der Waals surface area (Å²) in [5.41, 5.74) is -1.63. The van der Waals surface area contributed by atoms with Crippen LogP contribution in [0.15, 0.2) is 12.2 Å². The van der Waals surface area contributed by atoms with Crippen molar-refractivity contribution < 1.29 is 80.8 Å². The summed E-state index contributed by atoms with van der Waals surface area (Å²) in [6.45, 7) is 28.0. The zero-order chi connectivity index (χ0) is 64.1. The van der Waals surface area contributed by atoms with Crippen LogP contribution in [0.4, 0.5) is 9.59 Å². The second-order valence-electron chi connectivity index (χ2n) is 25.5. The Labute approximate surface area is 522 Å². The lowest BCUT2D eigenvalue weighted by atomic mass is 9.91. The van der Waals surface area contributed by atoms with E-state index in [1.54, 1.807) is 41.5 Å². The molecule has 0 fully saturated rings. The molecule has 0 aromatic carbocycles. The van der Waals surface area contributed by atoms with Crippen LogP contribution in [-0.2, 0) is 71.2 Å². The van der Waals surface area contributed by atoms with Gasteiger partial charge in [0.15, 0.2) is 0 Å². The average molecular weight is 1230 g/mol. The summed E-state index contributed by atoms with van der Waals surface area (Å²) in [4.78, 5) is 65.4. The van der Waals surface area contributed by atoms with E-state index in [-0.39, 0.29) is 58.2 Å². The molecule has 0 aromatic rings. The lowest BCUT2D eigenvalue weighted by Gasteiger charge is -2.27. The zero-order valence-electron chi connectivity index (χ0n) is 56.7. The molecule has 0 aromatic heterocycles. The largest absolute Gasteiger partial charge is 0.462 e.